The summed E-state index contributed by atoms with van der Waals surface area (Å²) in [6.07, 6.45) is 3.55. The molecule has 6 nitrogen and oxygen atoms in total. The highest BCUT2D eigenvalue weighted by atomic mass is 15.3. The Hall–Kier alpha value is -2.24. The van der Waals surface area contributed by atoms with E-state index in [-0.39, 0.29) is 5.84 Å². The summed E-state index contributed by atoms with van der Waals surface area (Å²) in [5.41, 5.74) is 8.82. The lowest BCUT2D eigenvalue weighted by Gasteiger charge is -2.10. The van der Waals surface area contributed by atoms with Crippen LogP contribution in [0.15, 0.2) is 12.4 Å². The molecule has 0 unspecified atom stereocenters. The van der Waals surface area contributed by atoms with Crippen LogP contribution in [0.25, 0.3) is 5.82 Å². The molecule has 0 spiro atoms. The third kappa shape index (κ3) is 1.89. The van der Waals surface area contributed by atoms with Gasteiger partial charge in [0, 0.05) is 6.20 Å². The number of amidine groups is 1. The van der Waals surface area contributed by atoms with Crippen molar-refractivity contribution >= 4 is 5.84 Å². The molecule has 0 aliphatic rings. The van der Waals surface area contributed by atoms with E-state index in [1.54, 1.807) is 10.9 Å². The van der Waals surface area contributed by atoms with Crippen molar-refractivity contribution in [3.63, 3.8) is 0 Å². The number of nitrogen functional groups attached to an aromatic ring is 1. The summed E-state index contributed by atoms with van der Waals surface area (Å²) in [5.74, 6) is 0.470. The van der Waals surface area contributed by atoms with Gasteiger partial charge in [0.05, 0.1) is 17.5 Å². The molecule has 3 N–H and O–H groups in total. The average Bonchev–Trinajstić information content (AvgIpc) is 2.68. The molecule has 0 saturated heterocycles. The minimum absolute atomic E-state index is 0.0244. The van der Waals surface area contributed by atoms with E-state index in [2.05, 4.69) is 15.3 Å². The normalized spacial score (nSPS) is 10.5. The fraction of sp³-hybridized carbons (Fsp3) is 0.273. The van der Waals surface area contributed by atoms with Crippen LogP contribution in [0.2, 0.25) is 0 Å². The van der Waals surface area contributed by atoms with Gasteiger partial charge in [0.25, 0.3) is 0 Å². The molecule has 0 aliphatic carbocycles. The van der Waals surface area contributed by atoms with Gasteiger partial charge in [-0.1, -0.05) is 0 Å². The third-order valence-electron chi connectivity index (χ3n) is 2.63. The number of rotatable bonds is 2. The van der Waals surface area contributed by atoms with E-state index in [0.717, 1.165) is 16.8 Å². The van der Waals surface area contributed by atoms with E-state index < -0.39 is 0 Å². The molecule has 0 fully saturated rings. The molecular formula is C11H14N6. The van der Waals surface area contributed by atoms with Gasteiger partial charge in [-0.05, 0) is 31.9 Å². The van der Waals surface area contributed by atoms with E-state index >= 15 is 0 Å². The lowest BCUT2D eigenvalue weighted by atomic mass is 10.1. The highest BCUT2D eigenvalue weighted by molar-refractivity contribution is 5.99. The van der Waals surface area contributed by atoms with Crippen LogP contribution >= 0.6 is 0 Å². The molecular weight excluding hydrogens is 216 g/mol. The number of nitrogens with one attached hydrogen (secondary N) is 1. The first kappa shape index (κ1) is 11.3. The van der Waals surface area contributed by atoms with E-state index in [1.807, 2.05) is 27.0 Å². The van der Waals surface area contributed by atoms with Crippen molar-refractivity contribution < 1.29 is 0 Å². The van der Waals surface area contributed by atoms with Gasteiger partial charge in [-0.2, -0.15) is 10.2 Å². The summed E-state index contributed by atoms with van der Waals surface area (Å²) in [7, 11) is 0. The first-order valence-corrected chi connectivity index (χ1v) is 5.20. The van der Waals surface area contributed by atoms with Crippen molar-refractivity contribution in [3.05, 3.63) is 34.8 Å². The Balaban J connectivity index is 2.70. The average molecular weight is 230 g/mol. The quantitative estimate of drug-likeness (QED) is 0.591. The minimum atomic E-state index is -0.0244. The number of hydrogen-bond acceptors (Lipinski definition) is 4. The van der Waals surface area contributed by atoms with Gasteiger partial charge in [0.2, 0.25) is 0 Å². The van der Waals surface area contributed by atoms with Crippen LogP contribution in [0.3, 0.4) is 0 Å². The summed E-state index contributed by atoms with van der Waals surface area (Å²) in [6, 6.07) is 0. The molecule has 17 heavy (non-hydrogen) atoms. The van der Waals surface area contributed by atoms with E-state index in [4.69, 9.17) is 11.1 Å². The summed E-state index contributed by atoms with van der Waals surface area (Å²) in [5, 5.41) is 19.9. The number of hydrogen-bond donors (Lipinski definition) is 2. The van der Waals surface area contributed by atoms with Crippen molar-refractivity contribution in [2.45, 2.75) is 20.8 Å². The molecule has 0 atom stereocenters. The fourth-order valence-electron chi connectivity index (χ4n) is 1.61. The molecule has 6 heteroatoms. The number of nitrogens with zero attached hydrogens (tertiary/aromatic N) is 4. The number of aromatic nitrogens is 4. The lowest BCUT2D eigenvalue weighted by Crippen LogP contribution is -2.19. The van der Waals surface area contributed by atoms with Crippen LogP contribution in [0, 0.1) is 26.2 Å². The zero-order valence-corrected chi connectivity index (χ0v) is 10.0. The van der Waals surface area contributed by atoms with Gasteiger partial charge in [-0.15, -0.1) is 5.10 Å². The van der Waals surface area contributed by atoms with Crippen molar-refractivity contribution in [3.8, 4) is 5.82 Å². The Labute approximate surface area is 99.0 Å². The van der Waals surface area contributed by atoms with E-state index in [9.17, 15) is 0 Å². The van der Waals surface area contributed by atoms with Crippen LogP contribution < -0.4 is 5.73 Å². The maximum Gasteiger partial charge on any atom is 0.186 e. The van der Waals surface area contributed by atoms with E-state index in [0.29, 0.717) is 11.4 Å². The molecule has 0 radical (unpaired) electrons. The number of aryl methyl sites for hydroxylation is 2. The monoisotopic (exact) mass is 230 g/mol. The summed E-state index contributed by atoms with van der Waals surface area (Å²) >= 11 is 0. The van der Waals surface area contributed by atoms with Crippen LogP contribution in [0.4, 0.5) is 0 Å². The van der Waals surface area contributed by atoms with Crippen molar-refractivity contribution in [2.75, 3.05) is 0 Å². The van der Waals surface area contributed by atoms with Gasteiger partial charge in [-0.3, -0.25) is 5.41 Å². The Morgan fingerprint density at radius 1 is 1.29 bits per heavy atom. The van der Waals surface area contributed by atoms with Crippen LogP contribution in [-0.2, 0) is 0 Å². The summed E-state index contributed by atoms with van der Waals surface area (Å²) in [4.78, 5) is 0. The maximum absolute atomic E-state index is 7.64. The first-order valence-electron chi connectivity index (χ1n) is 5.20. The largest absolute Gasteiger partial charge is 0.384 e. The number of nitrogens with two attached hydrogens (primary N) is 1. The zero-order chi connectivity index (χ0) is 12.6. The fourth-order valence-corrected chi connectivity index (χ4v) is 1.61. The molecule has 2 rings (SSSR count). The van der Waals surface area contributed by atoms with E-state index in [1.165, 1.54) is 0 Å². The Morgan fingerprint density at radius 3 is 2.53 bits per heavy atom. The van der Waals surface area contributed by atoms with Crippen LogP contribution in [0.1, 0.15) is 22.4 Å². The van der Waals surface area contributed by atoms with Gasteiger partial charge in [0.15, 0.2) is 5.82 Å². The van der Waals surface area contributed by atoms with Crippen molar-refractivity contribution in [1.29, 1.82) is 5.41 Å². The highest BCUT2D eigenvalue weighted by Crippen LogP contribution is 2.16. The third-order valence-corrected chi connectivity index (χ3v) is 2.63. The van der Waals surface area contributed by atoms with Crippen molar-refractivity contribution in [2.24, 2.45) is 5.73 Å². The second-order valence-electron chi connectivity index (χ2n) is 3.98. The first-order chi connectivity index (χ1) is 8.00. The Bertz CT molecular complexity index is 584. The second kappa shape index (κ2) is 3.97. The standard InChI is InChI=1S/C11H14N6/c1-6-4-14-17(5-6)11-9(10(12)13)7(2)8(3)15-16-11/h4-5H,1-3H3,(H3,12,13). The molecule has 0 bridgehead atoms. The predicted octanol–water partition coefficient (Wildman–Crippen LogP) is 0.872. The predicted molar refractivity (Wildman–Crippen MR) is 64.4 cm³/mol. The van der Waals surface area contributed by atoms with Crippen molar-refractivity contribution in [1.82, 2.24) is 20.0 Å². The minimum Gasteiger partial charge on any atom is -0.384 e. The molecule has 0 saturated carbocycles. The maximum atomic E-state index is 7.64. The molecule has 88 valence electrons. The van der Waals surface area contributed by atoms with Crippen LogP contribution in [-0.4, -0.2) is 25.8 Å². The molecule has 0 amide bonds. The molecule has 0 aliphatic heterocycles. The SMILES string of the molecule is Cc1cnn(-c2nnc(C)c(C)c2C(=N)N)c1. The lowest BCUT2D eigenvalue weighted by molar-refractivity contribution is 0.797. The Morgan fingerprint density at radius 2 is 2.00 bits per heavy atom. The molecule has 2 heterocycles. The molecule has 2 aromatic heterocycles. The van der Waals surface area contributed by atoms with Gasteiger partial charge >= 0.3 is 0 Å². The topological polar surface area (TPSA) is 93.5 Å². The molecule has 0 aromatic carbocycles. The summed E-state index contributed by atoms with van der Waals surface area (Å²) < 4.78 is 1.59. The van der Waals surface area contributed by atoms with Crippen LogP contribution in [0.5, 0.6) is 0 Å². The van der Waals surface area contributed by atoms with Gasteiger partial charge in [0.1, 0.15) is 5.84 Å². The smallest absolute Gasteiger partial charge is 0.186 e. The van der Waals surface area contributed by atoms with Gasteiger partial charge in [-0.25, -0.2) is 4.68 Å². The van der Waals surface area contributed by atoms with Gasteiger partial charge < -0.3 is 5.73 Å². The Kier molecular flexibility index (Phi) is 2.63. The highest BCUT2D eigenvalue weighted by Gasteiger charge is 2.15. The zero-order valence-electron chi connectivity index (χ0n) is 10.0. The second-order valence-corrected chi connectivity index (χ2v) is 3.98. The summed E-state index contributed by atoms with van der Waals surface area (Å²) in [6.45, 7) is 5.65. The molecule has 2 aromatic rings.